The summed E-state index contributed by atoms with van der Waals surface area (Å²) in [7, 11) is 0. The molecule has 276 valence electrons. The van der Waals surface area contributed by atoms with Crippen LogP contribution in [0.4, 0.5) is 0 Å². The number of nitrogens with one attached hydrogen (secondary N) is 1. The van der Waals surface area contributed by atoms with Gasteiger partial charge in [0.05, 0.1) is 5.41 Å². The molecule has 0 radical (unpaired) electrons. The van der Waals surface area contributed by atoms with Crippen LogP contribution in [0.2, 0.25) is 0 Å². The number of likely N-dealkylation sites (tertiary alicyclic amines) is 3. The van der Waals surface area contributed by atoms with E-state index in [-0.39, 0.29) is 30.2 Å². The van der Waals surface area contributed by atoms with Crippen molar-refractivity contribution in [1.29, 1.82) is 0 Å². The number of carbonyl (C=O) groups is 3. The normalized spacial score (nSPS) is 24.6. The molecule has 8 heteroatoms. The molecule has 0 unspecified atom stereocenters. The SMILES string of the molecule is N[C@@H]1C[C@@H](C(=O)N2CCC[C@@H]2C(=O)NC[C@H]2CCCN(CC3CCCCC3)C2)N(C(=O)CC(c2ccccc2)(c2ccccc2)c2ccccc2)C1. The number of benzene rings is 3. The Hall–Kier alpha value is -4.01. The second-order valence-corrected chi connectivity index (χ2v) is 15.9. The summed E-state index contributed by atoms with van der Waals surface area (Å²) in [6, 6.07) is 29.0. The molecule has 8 nitrogen and oxygen atoms in total. The molecule has 3 heterocycles. The predicted molar refractivity (Wildman–Crippen MR) is 205 cm³/mol. The summed E-state index contributed by atoms with van der Waals surface area (Å²) in [6.45, 7) is 4.87. The third-order valence-corrected chi connectivity index (χ3v) is 12.4. The topological polar surface area (TPSA) is 99.0 Å². The number of rotatable bonds is 11. The molecular weight excluding hydrogens is 647 g/mol. The summed E-state index contributed by atoms with van der Waals surface area (Å²) in [5.41, 5.74) is 8.80. The minimum Gasteiger partial charge on any atom is -0.354 e. The Morgan fingerprint density at radius 2 is 1.23 bits per heavy atom. The van der Waals surface area contributed by atoms with Gasteiger partial charge < -0.3 is 25.8 Å². The average molecular weight is 704 g/mol. The van der Waals surface area contributed by atoms with Gasteiger partial charge in [-0.3, -0.25) is 14.4 Å². The highest BCUT2D eigenvalue weighted by atomic mass is 16.2. The average Bonchev–Trinajstić information content (AvgIpc) is 3.85. The minimum absolute atomic E-state index is 0.0633. The fourth-order valence-electron chi connectivity index (χ4n) is 9.76. The Morgan fingerprint density at radius 1 is 0.654 bits per heavy atom. The molecule has 3 aromatic carbocycles. The highest BCUT2D eigenvalue weighted by Crippen LogP contribution is 2.43. The fraction of sp³-hybridized carbons (Fsp3) is 0.523. The zero-order valence-electron chi connectivity index (χ0n) is 30.7. The van der Waals surface area contributed by atoms with Gasteiger partial charge in [0.1, 0.15) is 12.1 Å². The zero-order valence-corrected chi connectivity index (χ0v) is 30.7. The first-order chi connectivity index (χ1) is 25.4. The monoisotopic (exact) mass is 703 g/mol. The van der Waals surface area contributed by atoms with Crippen molar-refractivity contribution >= 4 is 17.7 Å². The quantitative estimate of drug-likeness (QED) is 0.249. The summed E-state index contributed by atoms with van der Waals surface area (Å²) >= 11 is 0. The molecule has 4 fully saturated rings. The van der Waals surface area contributed by atoms with E-state index in [1.807, 2.05) is 54.6 Å². The van der Waals surface area contributed by atoms with Gasteiger partial charge in [0, 0.05) is 45.2 Å². The molecule has 52 heavy (non-hydrogen) atoms. The third kappa shape index (κ3) is 7.98. The van der Waals surface area contributed by atoms with E-state index >= 15 is 0 Å². The standard InChI is InChI=1S/C44H57N5O3/c45-38-27-40(43(52)48-26-14-24-39(48)42(51)46-29-34-17-13-25-47(31-34)30-33-15-5-1-6-16-33)49(32-38)41(50)28-44(35-18-7-2-8-19-35,36-20-9-3-10-21-36)37-22-11-4-12-23-37/h2-4,7-12,18-23,33-34,38-40H,1,5-6,13-17,24-32,45H2,(H,46,51)/t34-,38-,39-,40+/m1/s1. The van der Waals surface area contributed by atoms with Crippen molar-refractivity contribution in [2.24, 2.45) is 17.6 Å². The summed E-state index contributed by atoms with van der Waals surface area (Å²) in [6.07, 6.45) is 11.1. The van der Waals surface area contributed by atoms with Gasteiger partial charge in [-0.1, -0.05) is 110 Å². The van der Waals surface area contributed by atoms with Crippen molar-refractivity contribution in [3.05, 3.63) is 108 Å². The molecule has 0 aromatic heterocycles. The second kappa shape index (κ2) is 16.8. The number of carbonyl (C=O) groups excluding carboxylic acids is 3. The van der Waals surface area contributed by atoms with Crippen LogP contribution in [0, 0.1) is 11.8 Å². The van der Waals surface area contributed by atoms with Crippen LogP contribution in [0.25, 0.3) is 0 Å². The van der Waals surface area contributed by atoms with Crippen molar-refractivity contribution in [3.8, 4) is 0 Å². The number of piperidine rings is 1. The number of nitrogens with zero attached hydrogens (tertiary/aromatic N) is 3. The van der Waals surface area contributed by atoms with Crippen molar-refractivity contribution in [2.45, 2.75) is 94.2 Å². The van der Waals surface area contributed by atoms with E-state index in [0.717, 1.165) is 48.5 Å². The van der Waals surface area contributed by atoms with E-state index in [0.29, 0.717) is 38.4 Å². The molecule has 1 saturated carbocycles. The summed E-state index contributed by atoms with van der Waals surface area (Å²) < 4.78 is 0. The maximum Gasteiger partial charge on any atom is 0.246 e. The van der Waals surface area contributed by atoms with E-state index in [1.165, 1.54) is 45.1 Å². The lowest BCUT2D eigenvalue weighted by atomic mass is 9.67. The lowest BCUT2D eigenvalue weighted by Gasteiger charge is -2.38. The molecule has 1 aliphatic carbocycles. The predicted octanol–water partition coefficient (Wildman–Crippen LogP) is 5.74. The Bertz CT molecular complexity index is 1530. The van der Waals surface area contributed by atoms with Crippen molar-refractivity contribution in [2.75, 3.05) is 39.3 Å². The largest absolute Gasteiger partial charge is 0.354 e. The molecule has 3 aliphatic heterocycles. The Labute approximate surface area is 310 Å². The third-order valence-electron chi connectivity index (χ3n) is 12.4. The Morgan fingerprint density at radius 3 is 1.85 bits per heavy atom. The van der Waals surface area contributed by atoms with Crippen LogP contribution in [0.5, 0.6) is 0 Å². The van der Waals surface area contributed by atoms with Crippen molar-refractivity contribution in [1.82, 2.24) is 20.0 Å². The zero-order chi connectivity index (χ0) is 35.9. The maximum absolute atomic E-state index is 14.7. The number of nitrogens with two attached hydrogens (primary N) is 1. The van der Waals surface area contributed by atoms with E-state index in [2.05, 4.69) is 46.6 Å². The molecule has 7 rings (SSSR count). The van der Waals surface area contributed by atoms with E-state index in [9.17, 15) is 14.4 Å². The molecule has 3 amide bonds. The van der Waals surface area contributed by atoms with Gasteiger partial charge in [0.25, 0.3) is 0 Å². The van der Waals surface area contributed by atoms with Crippen LogP contribution >= 0.6 is 0 Å². The number of hydrogen-bond acceptors (Lipinski definition) is 5. The molecule has 3 aromatic rings. The first-order valence-corrected chi connectivity index (χ1v) is 19.9. The smallest absolute Gasteiger partial charge is 0.246 e. The molecule has 3 N–H and O–H groups in total. The van der Waals surface area contributed by atoms with Crippen LogP contribution in [0.15, 0.2) is 91.0 Å². The molecule has 3 saturated heterocycles. The molecule has 0 bridgehead atoms. The Balaban J connectivity index is 1.05. The van der Waals surface area contributed by atoms with Crippen molar-refractivity contribution < 1.29 is 14.4 Å². The number of amides is 3. The minimum atomic E-state index is -0.775. The van der Waals surface area contributed by atoms with Gasteiger partial charge in [-0.05, 0) is 80.0 Å². The van der Waals surface area contributed by atoms with Crippen LogP contribution in [0.1, 0.15) is 87.3 Å². The molecule has 4 aliphatic rings. The van der Waals surface area contributed by atoms with E-state index < -0.39 is 17.5 Å². The maximum atomic E-state index is 14.7. The van der Waals surface area contributed by atoms with Gasteiger partial charge >= 0.3 is 0 Å². The van der Waals surface area contributed by atoms with Crippen LogP contribution < -0.4 is 11.1 Å². The summed E-state index contributed by atoms with van der Waals surface area (Å²) in [4.78, 5) is 49.0. The van der Waals surface area contributed by atoms with Gasteiger partial charge in [-0.15, -0.1) is 0 Å². The van der Waals surface area contributed by atoms with Crippen LogP contribution in [0.3, 0.4) is 0 Å². The lowest BCUT2D eigenvalue weighted by molar-refractivity contribution is -0.146. The lowest BCUT2D eigenvalue weighted by Crippen LogP contribution is -2.54. The van der Waals surface area contributed by atoms with Crippen molar-refractivity contribution in [3.63, 3.8) is 0 Å². The van der Waals surface area contributed by atoms with Gasteiger partial charge in [-0.25, -0.2) is 0 Å². The Kier molecular flexibility index (Phi) is 11.7. The highest BCUT2D eigenvalue weighted by molar-refractivity contribution is 5.93. The first-order valence-electron chi connectivity index (χ1n) is 19.9. The molecule has 4 atom stereocenters. The van der Waals surface area contributed by atoms with Gasteiger partial charge in [-0.2, -0.15) is 0 Å². The van der Waals surface area contributed by atoms with Crippen LogP contribution in [-0.4, -0.2) is 89.8 Å². The van der Waals surface area contributed by atoms with E-state index in [1.54, 1.807) is 9.80 Å². The van der Waals surface area contributed by atoms with Crippen LogP contribution in [-0.2, 0) is 19.8 Å². The van der Waals surface area contributed by atoms with E-state index in [4.69, 9.17) is 5.73 Å². The second-order valence-electron chi connectivity index (χ2n) is 15.9. The first kappa shape index (κ1) is 36.4. The number of hydrogen-bond donors (Lipinski definition) is 2. The molecule has 0 spiro atoms. The fourth-order valence-corrected chi connectivity index (χ4v) is 9.76. The molecular formula is C44H57N5O3. The summed E-state index contributed by atoms with van der Waals surface area (Å²) in [5.74, 6) is 0.929. The summed E-state index contributed by atoms with van der Waals surface area (Å²) in [5, 5.41) is 3.26. The highest BCUT2D eigenvalue weighted by Gasteiger charge is 2.47. The van der Waals surface area contributed by atoms with Gasteiger partial charge in [0.2, 0.25) is 17.7 Å². The van der Waals surface area contributed by atoms with Gasteiger partial charge in [0.15, 0.2) is 0 Å².